The lowest BCUT2D eigenvalue weighted by molar-refractivity contribution is -0.522. The van der Waals surface area contributed by atoms with E-state index in [1.165, 1.54) is 0 Å². The van der Waals surface area contributed by atoms with Gasteiger partial charge in [0.05, 0.1) is 0 Å². The molecule has 0 radical (unpaired) electrons. The van der Waals surface area contributed by atoms with E-state index >= 15 is 17.6 Å². The fraction of sp³-hybridized carbons (Fsp3) is 0.833. The first-order valence-electron chi connectivity index (χ1n) is 19.2. The number of esters is 2. The highest BCUT2D eigenvalue weighted by Gasteiger charge is 2.88. The van der Waals surface area contributed by atoms with Crippen LogP contribution in [0.2, 0.25) is 0 Å². The molecule has 0 aromatic carbocycles. The Morgan fingerprint density at radius 1 is 0.576 bits per heavy atom. The van der Waals surface area contributed by atoms with E-state index in [0.29, 0.717) is 19.8 Å². The molecule has 6 unspecified atom stereocenters. The minimum absolute atomic E-state index is 0.00223. The molecule has 0 aromatic heterocycles. The smallest absolute Gasteiger partial charge is 0.448 e. The lowest BCUT2D eigenvalue weighted by Gasteiger charge is -2.59. The summed E-state index contributed by atoms with van der Waals surface area (Å²) >= 11 is 0. The fourth-order valence-corrected chi connectivity index (χ4v) is 8.46. The number of halogens is 22. The van der Waals surface area contributed by atoms with Gasteiger partial charge in [-0.05, 0) is 32.1 Å². The van der Waals surface area contributed by atoms with Crippen LogP contribution < -0.4 is 0 Å². The number of alkyl halides is 22. The molecule has 4 rings (SSSR count). The van der Waals surface area contributed by atoms with Crippen LogP contribution in [0, 0.1) is 11.8 Å². The van der Waals surface area contributed by atoms with E-state index in [1.54, 1.807) is 0 Å². The van der Waals surface area contributed by atoms with Gasteiger partial charge < -0.3 is 29.2 Å². The number of aliphatic hydroxyl groups is 2. The molecule has 66 heavy (non-hydrogen) atoms. The van der Waals surface area contributed by atoms with Gasteiger partial charge in [-0.2, -0.15) is 96.6 Å². The molecule has 4 aliphatic rings. The van der Waals surface area contributed by atoms with Crippen LogP contribution in [0.25, 0.3) is 0 Å². The molecule has 2 N–H and O–H groups in total. The Hall–Kier alpha value is -3.28. The van der Waals surface area contributed by atoms with Crippen molar-refractivity contribution in [1.82, 2.24) is 0 Å². The summed E-state index contributed by atoms with van der Waals surface area (Å²) in [5.41, 5.74) is -17.3. The molecule has 30 heteroatoms. The van der Waals surface area contributed by atoms with Crippen molar-refractivity contribution in [2.75, 3.05) is 0 Å². The Bertz CT molecular complexity index is 1790. The third-order valence-electron chi connectivity index (χ3n) is 12.1. The summed E-state index contributed by atoms with van der Waals surface area (Å²) in [4.78, 5) is 24.1. The molecule has 0 bridgehead atoms. The molecule has 0 amide bonds. The van der Waals surface area contributed by atoms with Crippen molar-refractivity contribution >= 4 is 11.9 Å². The van der Waals surface area contributed by atoms with Gasteiger partial charge in [-0.25, -0.2) is 9.59 Å². The molecular weight excluding hydrogens is 978 g/mol. The van der Waals surface area contributed by atoms with Crippen molar-refractivity contribution in [3.8, 4) is 0 Å². The first kappa shape index (κ1) is 57.0. The second-order valence-corrected chi connectivity index (χ2v) is 16.1. The topological polar surface area (TPSA) is 112 Å². The van der Waals surface area contributed by atoms with Gasteiger partial charge in [0, 0.05) is 24.7 Å². The third kappa shape index (κ3) is 9.79. The lowest BCUT2D eigenvalue weighted by atomic mass is 9.64. The average molecular weight is 1020 g/mol. The molecular formula is C36H38F22O8. The van der Waals surface area contributed by atoms with Crippen LogP contribution in [0.4, 0.5) is 96.6 Å². The van der Waals surface area contributed by atoms with E-state index in [9.17, 15) is 98.8 Å². The Balaban J connectivity index is 0.000000351. The van der Waals surface area contributed by atoms with E-state index in [2.05, 4.69) is 32.1 Å². The minimum Gasteiger partial charge on any atom is -0.448 e. The molecule has 2 aliphatic heterocycles. The standard InChI is InChI=1S/C19H21F11O4.C17H17F11O4/c1-3-13(18(25,26)27)9-14(11-7-5-4-6-8-11,33-12(31)10(2)15(20,21)22)16(23,24)17(32,34-13)19(28,29)30;1-8(13(18,19)20)11(29)32-12(9-5-3-2-4-6-9)7-10(14(21,22)23)31-16(30,15(12,24)25)17(26,27)28/h11,32H,2-9H2,1H3;9-10,30H,1-7H2. The summed E-state index contributed by atoms with van der Waals surface area (Å²) in [6, 6.07) is 0. The van der Waals surface area contributed by atoms with Gasteiger partial charge in [0.2, 0.25) is 0 Å². The average Bonchev–Trinajstić information content (AvgIpc) is 3.16. The Kier molecular flexibility index (Phi) is 15.5. The van der Waals surface area contributed by atoms with E-state index in [-0.39, 0.29) is 25.7 Å². The number of ether oxygens (including phenoxy) is 4. The lowest BCUT2D eigenvalue weighted by Crippen LogP contribution is -2.81. The number of carbonyl (C=O) groups excluding carboxylic acids is 2. The van der Waals surface area contributed by atoms with Gasteiger partial charge in [-0.1, -0.05) is 58.6 Å². The summed E-state index contributed by atoms with van der Waals surface area (Å²) < 4.78 is 318. The van der Waals surface area contributed by atoms with Crippen LogP contribution in [0.3, 0.4) is 0 Å². The highest BCUT2D eigenvalue weighted by atomic mass is 19.4. The van der Waals surface area contributed by atoms with Crippen LogP contribution in [-0.2, 0) is 28.5 Å². The SMILES string of the molecule is C=C(C(=O)OC1(C2CCCCC2)CC(C(F)(F)F)OC(O)(C(F)(F)F)C1(F)F)C(F)(F)F.C=C(C(=O)OC1(C2CCCCC2)CC(CC)(C(F)(F)F)OC(O)(C(F)(F)F)C1(F)F)C(F)(F)F. The molecule has 2 aliphatic carbocycles. The molecule has 0 aromatic rings. The first-order chi connectivity index (χ1) is 29.3. The molecule has 2 saturated heterocycles. The quantitative estimate of drug-likeness (QED) is 0.147. The Labute approximate surface area is 357 Å². The maximum atomic E-state index is 15.6. The predicted octanol–water partition coefficient (Wildman–Crippen LogP) is 11.2. The molecule has 6 atom stereocenters. The molecule has 2 heterocycles. The first-order valence-corrected chi connectivity index (χ1v) is 19.2. The van der Waals surface area contributed by atoms with E-state index in [0.717, 1.165) is 0 Å². The van der Waals surface area contributed by atoms with Crippen LogP contribution in [0.15, 0.2) is 24.3 Å². The normalized spacial score (nSPS) is 33.0. The fourth-order valence-electron chi connectivity index (χ4n) is 8.46. The Morgan fingerprint density at radius 3 is 1.24 bits per heavy atom. The maximum Gasteiger partial charge on any atom is 0.449 e. The van der Waals surface area contributed by atoms with Gasteiger partial charge in [-0.3, -0.25) is 0 Å². The van der Waals surface area contributed by atoms with Crippen LogP contribution in [0.5, 0.6) is 0 Å². The van der Waals surface area contributed by atoms with Crippen molar-refractivity contribution < 1.29 is 135 Å². The zero-order valence-corrected chi connectivity index (χ0v) is 33.5. The monoisotopic (exact) mass is 1020 g/mol. The number of hydrogen-bond acceptors (Lipinski definition) is 8. The third-order valence-corrected chi connectivity index (χ3v) is 12.1. The molecule has 384 valence electrons. The van der Waals surface area contributed by atoms with Gasteiger partial charge >= 0.3 is 72.4 Å². The van der Waals surface area contributed by atoms with E-state index in [1.807, 2.05) is 0 Å². The van der Waals surface area contributed by atoms with Crippen LogP contribution in [-0.4, -0.2) is 106 Å². The van der Waals surface area contributed by atoms with Crippen molar-refractivity contribution in [3.05, 3.63) is 24.3 Å². The van der Waals surface area contributed by atoms with Crippen molar-refractivity contribution in [2.24, 2.45) is 11.8 Å². The minimum atomic E-state index is -6.57. The largest absolute Gasteiger partial charge is 0.449 e. The van der Waals surface area contributed by atoms with Crippen molar-refractivity contribution in [1.29, 1.82) is 0 Å². The zero-order valence-electron chi connectivity index (χ0n) is 33.5. The van der Waals surface area contributed by atoms with E-state index < -0.39 is 163 Å². The molecule has 4 fully saturated rings. The van der Waals surface area contributed by atoms with Crippen molar-refractivity contribution in [2.45, 2.75) is 174 Å². The van der Waals surface area contributed by atoms with Crippen LogP contribution in [0.1, 0.15) is 90.4 Å². The Morgan fingerprint density at radius 2 is 0.924 bits per heavy atom. The molecule has 8 nitrogen and oxygen atoms in total. The van der Waals surface area contributed by atoms with Gasteiger partial charge in [0.1, 0.15) is 11.1 Å². The number of rotatable bonds is 7. The number of hydrogen-bond donors (Lipinski definition) is 2. The molecule has 2 saturated carbocycles. The van der Waals surface area contributed by atoms with Gasteiger partial charge in [0.15, 0.2) is 22.9 Å². The predicted molar refractivity (Wildman–Crippen MR) is 173 cm³/mol. The molecule has 0 spiro atoms. The summed E-state index contributed by atoms with van der Waals surface area (Å²) in [5, 5.41) is 19.7. The summed E-state index contributed by atoms with van der Waals surface area (Å²) in [7, 11) is 0. The maximum absolute atomic E-state index is 15.6. The number of carbonyl (C=O) groups is 2. The highest BCUT2D eigenvalue weighted by Crippen LogP contribution is 2.65. The summed E-state index contributed by atoms with van der Waals surface area (Å²) in [6.45, 7) is 5.23. The van der Waals surface area contributed by atoms with Crippen LogP contribution >= 0.6 is 0 Å². The second-order valence-electron chi connectivity index (χ2n) is 16.1. The van der Waals surface area contributed by atoms with Gasteiger partial charge in [-0.15, -0.1) is 0 Å². The van der Waals surface area contributed by atoms with Crippen molar-refractivity contribution in [3.63, 3.8) is 0 Å². The summed E-state index contributed by atoms with van der Waals surface area (Å²) in [5.74, 6) is -32.6. The zero-order chi connectivity index (χ0) is 51.6. The van der Waals surface area contributed by atoms with Gasteiger partial charge in [0.25, 0.3) is 0 Å². The summed E-state index contributed by atoms with van der Waals surface area (Å²) in [6.07, 6.45) is -46.8. The highest BCUT2D eigenvalue weighted by molar-refractivity contribution is 5.90. The van der Waals surface area contributed by atoms with E-state index in [4.69, 9.17) is 0 Å². The second kappa shape index (κ2) is 17.9.